The minimum absolute atomic E-state index is 0.0500. The fourth-order valence-electron chi connectivity index (χ4n) is 4.91. The van der Waals surface area contributed by atoms with Crippen molar-refractivity contribution >= 4 is 18.0 Å². The number of nitrogens with one attached hydrogen (secondary N) is 1. The number of likely N-dealkylation sites (tertiary alicyclic amines) is 1. The van der Waals surface area contributed by atoms with Crippen LogP contribution in [0.5, 0.6) is 0 Å². The van der Waals surface area contributed by atoms with E-state index >= 15 is 0 Å². The third kappa shape index (κ3) is 4.79. The smallest absolute Gasteiger partial charge is 0.407 e. The van der Waals surface area contributed by atoms with Gasteiger partial charge in [-0.3, -0.25) is 9.59 Å². The maximum Gasteiger partial charge on any atom is 0.407 e. The van der Waals surface area contributed by atoms with Crippen molar-refractivity contribution in [2.75, 3.05) is 19.7 Å². The zero-order valence-electron chi connectivity index (χ0n) is 19.9. The molecule has 0 aromatic heterocycles. The Balaban J connectivity index is 1.38. The fourth-order valence-corrected chi connectivity index (χ4v) is 4.91. The molecular weight excluding hydrogens is 432 g/mol. The standard InChI is InChI=1S/C27H32N2O5/c1-16(2)12-24(25(30)29-13-18(14-29)17(3)26(31)32)28-27(33)34-15-23-21-10-6-4-8-19(21)20-9-5-7-11-22(20)23/h4-11,16-18,23-24H,12-15H2,1-3H3,(H,28,33)(H,31,32)/t17?,24-/m1/s1. The number of carboxylic acid groups (broad SMARTS) is 1. The molecule has 0 saturated carbocycles. The van der Waals surface area contributed by atoms with Crippen molar-refractivity contribution in [1.29, 1.82) is 0 Å². The second-order valence-corrected chi connectivity index (χ2v) is 9.78. The molecule has 180 valence electrons. The van der Waals surface area contributed by atoms with E-state index in [1.165, 1.54) is 0 Å². The lowest BCUT2D eigenvalue weighted by molar-refractivity contribution is -0.151. The summed E-state index contributed by atoms with van der Waals surface area (Å²) in [5.74, 6) is -1.45. The molecule has 1 aliphatic heterocycles. The van der Waals surface area contributed by atoms with Crippen LogP contribution in [0.2, 0.25) is 0 Å². The van der Waals surface area contributed by atoms with E-state index in [0.717, 1.165) is 22.3 Å². The van der Waals surface area contributed by atoms with Gasteiger partial charge in [0, 0.05) is 24.9 Å². The highest BCUT2D eigenvalue weighted by Crippen LogP contribution is 2.44. The molecule has 2 aromatic rings. The molecule has 0 bridgehead atoms. The number of carbonyl (C=O) groups is 3. The third-order valence-electron chi connectivity index (χ3n) is 6.96. The normalized spacial score (nSPS) is 16.9. The summed E-state index contributed by atoms with van der Waals surface area (Å²) in [6.07, 6.45) is -0.129. The van der Waals surface area contributed by atoms with Crippen molar-refractivity contribution in [3.05, 3.63) is 59.7 Å². The van der Waals surface area contributed by atoms with Gasteiger partial charge in [-0.2, -0.15) is 0 Å². The Kier molecular flexibility index (Phi) is 6.91. The van der Waals surface area contributed by atoms with Crippen LogP contribution < -0.4 is 5.32 Å². The molecule has 1 saturated heterocycles. The van der Waals surface area contributed by atoms with Crippen molar-refractivity contribution in [2.45, 2.75) is 39.2 Å². The molecule has 7 heteroatoms. The maximum absolute atomic E-state index is 13.0. The number of hydrogen-bond acceptors (Lipinski definition) is 4. The zero-order valence-corrected chi connectivity index (χ0v) is 19.9. The van der Waals surface area contributed by atoms with Crippen molar-refractivity contribution in [2.24, 2.45) is 17.8 Å². The number of nitrogens with zero attached hydrogens (tertiary/aromatic N) is 1. The van der Waals surface area contributed by atoms with E-state index in [0.29, 0.717) is 19.5 Å². The molecule has 2 aliphatic rings. The summed E-state index contributed by atoms with van der Waals surface area (Å²) in [5.41, 5.74) is 4.57. The zero-order chi connectivity index (χ0) is 24.4. The van der Waals surface area contributed by atoms with Gasteiger partial charge in [-0.15, -0.1) is 0 Å². The lowest BCUT2D eigenvalue weighted by atomic mass is 9.86. The average molecular weight is 465 g/mol. The lowest BCUT2D eigenvalue weighted by Crippen LogP contribution is -2.59. The van der Waals surface area contributed by atoms with E-state index in [4.69, 9.17) is 4.74 Å². The monoisotopic (exact) mass is 464 g/mol. The van der Waals surface area contributed by atoms with E-state index in [1.54, 1.807) is 11.8 Å². The molecule has 2 aromatic carbocycles. The summed E-state index contributed by atoms with van der Waals surface area (Å²) in [6, 6.07) is 15.6. The van der Waals surface area contributed by atoms with Gasteiger partial charge in [-0.05, 0) is 34.6 Å². The van der Waals surface area contributed by atoms with Gasteiger partial charge >= 0.3 is 12.1 Å². The topological polar surface area (TPSA) is 95.9 Å². The molecule has 4 rings (SSSR count). The molecule has 2 amide bonds. The molecule has 1 aliphatic carbocycles. The predicted octanol–water partition coefficient (Wildman–Crippen LogP) is 4.12. The van der Waals surface area contributed by atoms with Crippen LogP contribution in [0, 0.1) is 17.8 Å². The molecule has 0 radical (unpaired) electrons. The second kappa shape index (κ2) is 9.87. The van der Waals surface area contributed by atoms with E-state index in [1.807, 2.05) is 38.1 Å². The highest BCUT2D eigenvalue weighted by Gasteiger charge is 2.40. The summed E-state index contributed by atoms with van der Waals surface area (Å²) >= 11 is 0. The molecule has 7 nitrogen and oxygen atoms in total. The number of fused-ring (bicyclic) bond motifs is 3. The van der Waals surface area contributed by atoms with Crippen molar-refractivity contribution in [3.63, 3.8) is 0 Å². The van der Waals surface area contributed by atoms with Crippen molar-refractivity contribution in [3.8, 4) is 11.1 Å². The van der Waals surface area contributed by atoms with Crippen LogP contribution in [-0.2, 0) is 14.3 Å². The first-order valence-corrected chi connectivity index (χ1v) is 11.9. The van der Waals surface area contributed by atoms with Crippen LogP contribution >= 0.6 is 0 Å². The number of carbonyl (C=O) groups excluding carboxylic acids is 2. The van der Waals surface area contributed by atoms with Gasteiger partial charge in [0.2, 0.25) is 5.91 Å². The molecule has 1 unspecified atom stereocenters. The molecule has 0 spiro atoms. The van der Waals surface area contributed by atoms with Crippen LogP contribution in [0.3, 0.4) is 0 Å². The van der Waals surface area contributed by atoms with E-state index in [2.05, 4.69) is 29.6 Å². The highest BCUT2D eigenvalue weighted by molar-refractivity contribution is 5.86. The maximum atomic E-state index is 13.0. The van der Waals surface area contributed by atoms with Crippen LogP contribution in [0.4, 0.5) is 4.79 Å². The summed E-state index contributed by atoms with van der Waals surface area (Å²) < 4.78 is 5.63. The number of amides is 2. The number of ether oxygens (including phenoxy) is 1. The van der Waals surface area contributed by atoms with Crippen molar-refractivity contribution in [1.82, 2.24) is 10.2 Å². The first-order chi connectivity index (χ1) is 16.3. The number of alkyl carbamates (subject to hydrolysis) is 1. The molecule has 1 fully saturated rings. The Bertz CT molecular complexity index is 1030. The van der Waals surface area contributed by atoms with E-state index in [-0.39, 0.29) is 30.3 Å². The largest absolute Gasteiger partial charge is 0.481 e. The molecule has 2 N–H and O–H groups in total. The van der Waals surface area contributed by atoms with E-state index in [9.17, 15) is 19.5 Å². The number of benzene rings is 2. The molecular formula is C27H32N2O5. The van der Waals surface area contributed by atoms with Gasteiger partial charge in [-0.25, -0.2) is 4.79 Å². The van der Waals surface area contributed by atoms with Crippen molar-refractivity contribution < 1.29 is 24.2 Å². The van der Waals surface area contributed by atoms with Gasteiger partial charge in [0.25, 0.3) is 0 Å². The average Bonchev–Trinajstić information content (AvgIpc) is 3.09. The summed E-state index contributed by atoms with van der Waals surface area (Å²) in [4.78, 5) is 38.6. The number of carboxylic acids is 1. The highest BCUT2D eigenvalue weighted by atomic mass is 16.5. The van der Waals surface area contributed by atoms with Gasteiger partial charge in [0.15, 0.2) is 0 Å². The van der Waals surface area contributed by atoms with Gasteiger partial charge in [-0.1, -0.05) is 69.3 Å². The first-order valence-electron chi connectivity index (χ1n) is 11.9. The Morgan fingerprint density at radius 1 is 1.00 bits per heavy atom. The molecule has 34 heavy (non-hydrogen) atoms. The number of aliphatic carboxylic acids is 1. The quantitative estimate of drug-likeness (QED) is 0.613. The minimum atomic E-state index is -0.854. The summed E-state index contributed by atoms with van der Waals surface area (Å²) in [7, 11) is 0. The van der Waals surface area contributed by atoms with E-state index < -0.39 is 24.0 Å². The third-order valence-corrected chi connectivity index (χ3v) is 6.96. The predicted molar refractivity (Wildman–Crippen MR) is 128 cm³/mol. The lowest BCUT2D eigenvalue weighted by Gasteiger charge is -2.43. The van der Waals surface area contributed by atoms with Gasteiger partial charge < -0.3 is 20.1 Å². The Morgan fingerprint density at radius 3 is 2.09 bits per heavy atom. The van der Waals surface area contributed by atoms with Crippen LogP contribution in [0.1, 0.15) is 44.2 Å². The fraction of sp³-hybridized carbons (Fsp3) is 0.444. The minimum Gasteiger partial charge on any atom is -0.481 e. The second-order valence-electron chi connectivity index (χ2n) is 9.78. The Hall–Kier alpha value is -3.35. The number of rotatable bonds is 8. The molecule has 2 atom stereocenters. The molecule has 1 heterocycles. The first kappa shape index (κ1) is 23.8. The summed E-state index contributed by atoms with van der Waals surface area (Å²) in [5, 5.41) is 12.0. The Labute approximate surface area is 200 Å². The van der Waals surface area contributed by atoms with Crippen LogP contribution in [0.15, 0.2) is 48.5 Å². The van der Waals surface area contributed by atoms with Gasteiger partial charge in [0.1, 0.15) is 12.6 Å². The van der Waals surface area contributed by atoms with Crippen LogP contribution in [-0.4, -0.2) is 53.7 Å². The Morgan fingerprint density at radius 2 is 1.56 bits per heavy atom. The summed E-state index contributed by atoms with van der Waals surface area (Å²) in [6.45, 7) is 6.62. The number of hydrogen-bond donors (Lipinski definition) is 2. The van der Waals surface area contributed by atoms with Gasteiger partial charge in [0.05, 0.1) is 5.92 Å². The van der Waals surface area contributed by atoms with Crippen LogP contribution in [0.25, 0.3) is 11.1 Å². The SMILES string of the molecule is CC(C)C[C@@H](NC(=O)OCC1c2ccccc2-c2ccccc21)C(=O)N1CC(C(C)C(=O)O)C1.